The van der Waals surface area contributed by atoms with E-state index in [9.17, 15) is 0 Å². The van der Waals surface area contributed by atoms with Crippen LogP contribution in [0.2, 0.25) is 0 Å². The Labute approximate surface area is 126 Å². The van der Waals surface area contributed by atoms with E-state index in [2.05, 4.69) is 60.0 Å². The minimum absolute atomic E-state index is 0.583. The summed E-state index contributed by atoms with van der Waals surface area (Å²) < 4.78 is 0. The van der Waals surface area contributed by atoms with Crippen LogP contribution >= 0.6 is 0 Å². The molecule has 0 spiro atoms. The molecule has 1 aromatic heterocycles. The van der Waals surface area contributed by atoms with Gasteiger partial charge in [-0.25, -0.2) is 9.97 Å². The largest absolute Gasteiger partial charge is 0.393 e. The molecule has 3 N–H and O–H groups in total. The van der Waals surface area contributed by atoms with Crippen LogP contribution < -0.4 is 16.0 Å². The average molecular weight is 285 g/mol. The van der Waals surface area contributed by atoms with Crippen molar-refractivity contribution in [3.8, 4) is 0 Å². The van der Waals surface area contributed by atoms with Gasteiger partial charge in [-0.1, -0.05) is 6.07 Å². The number of aromatic nitrogens is 2. The van der Waals surface area contributed by atoms with Gasteiger partial charge in [-0.15, -0.1) is 0 Å². The van der Waals surface area contributed by atoms with E-state index < -0.39 is 0 Å². The summed E-state index contributed by atoms with van der Waals surface area (Å²) in [6.07, 6.45) is 1.55. The molecule has 2 aromatic rings. The van der Waals surface area contributed by atoms with Crippen LogP contribution in [0.25, 0.3) is 0 Å². The monoisotopic (exact) mass is 285 g/mol. The number of benzene rings is 1. The third-order valence-electron chi connectivity index (χ3n) is 3.70. The van der Waals surface area contributed by atoms with Crippen LogP contribution in [0, 0.1) is 13.8 Å². The van der Waals surface area contributed by atoms with Gasteiger partial charge in [0.2, 0.25) is 0 Å². The number of hydrogen-bond donors (Lipinski definition) is 2. The van der Waals surface area contributed by atoms with E-state index in [1.54, 1.807) is 6.33 Å². The molecule has 0 saturated carbocycles. The number of hydrogen-bond acceptors (Lipinski definition) is 5. The maximum Gasteiger partial charge on any atom is 0.159 e. The third kappa shape index (κ3) is 3.24. The first-order valence-electron chi connectivity index (χ1n) is 7.26. The Bertz CT molecular complexity index is 620. The van der Waals surface area contributed by atoms with Gasteiger partial charge in [-0.2, -0.15) is 0 Å². The highest BCUT2D eigenvalue weighted by Gasteiger charge is 2.12. The number of aryl methyl sites for hydroxylation is 2. The highest BCUT2D eigenvalue weighted by atomic mass is 15.2. The lowest BCUT2D eigenvalue weighted by Gasteiger charge is -2.22. The first kappa shape index (κ1) is 15.1. The minimum atomic E-state index is 0.583. The Kier molecular flexibility index (Phi) is 4.62. The summed E-state index contributed by atoms with van der Waals surface area (Å²) in [6.45, 7) is 10.1. The molecule has 5 nitrogen and oxygen atoms in total. The maximum atomic E-state index is 6.22. The van der Waals surface area contributed by atoms with Crippen molar-refractivity contribution in [2.45, 2.75) is 27.7 Å². The standard InChI is InChI=1S/C16H23N5/c1-5-21(6-2)16-14(17)15(18-10-19-16)20-13-8-7-11(3)12(4)9-13/h7-10H,5-6,17H2,1-4H3,(H,18,19,20). The third-order valence-corrected chi connectivity index (χ3v) is 3.70. The number of nitrogens with zero attached hydrogens (tertiary/aromatic N) is 3. The van der Waals surface area contributed by atoms with Gasteiger partial charge in [0.05, 0.1) is 0 Å². The summed E-state index contributed by atoms with van der Waals surface area (Å²) in [5.74, 6) is 1.43. The molecule has 0 aliphatic heterocycles. The van der Waals surface area contributed by atoms with Gasteiger partial charge in [0.1, 0.15) is 12.0 Å². The Morgan fingerprint density at radius 2 is 1.81 bits per heavy atom. The van der Waals surface area contributed by atoms with Crippen molar-refractivity contribution in [3.05, 3.63) is 35.7 Å². The van der Waals surface area contributed by atoms with E-state index in [-0.39, 0.29) is 0 Å². The molecule has 0 unspecified atom stereocenters. The molecule has 0 amide bonds. The molecule has 21 heavy (non-hydrogen) atoms. The predicted molar refractivity (Wildman–Crippen MR) is 89.2 cm³/mol. The van der Waals surface area contributed by atoms with Gasteiger partial charge >= 0.3 is 0 Å². The van der Waals surface area contributed by atoms with Crippen molar-refractivity contribution in [1.29, 1.82) is 0 Å². The van der Waals surface area contributed by atoms with E-state index in [0.29, 0.717) is 11.5 Å². The van der Waals surface area contributed by atoms with Gasteiger partial charge in [-0.3, -0.25) is 0 Å². The molecule has 1 heterocycles. The summed E-state index contributed by atoms with van der Waals surface area (Å²) in [4.78, 5) is 10.7. The van der Waals surface area contributed by atoms with Crippen LogP contribution in [0.15, 0.2) is 24.5 Å². The molecule has 2 rings (SSSR count). The lowest BCUT2D eigenvalue weighted by atomic mass is 10.1. The number of rotatable bonds is 5. The SMILES string of the molecule is CCN(CC)c1ncnc(Nc2ccc(C)c(C)c2)c1N. The van der Waals surface area contributed by atoms with Crippen LogP contribution in [-0.4, -0.2) is 23.1 Å². The number of nitrogen functional groups attached to an aromatic ring is 1. The summed E-state index contributed by atoms with van der Waals surface area (Å²) in [5.41, 5.74) is 10.3. The van der Waals surface area contributed by atoms with E-state index in [1.807, 2.05) is 6.07 Å². The molecule has 0 aliphatic carbocycles. The van der Waals surface area contributed by atoms with Crippen molar-refractivity contribution < 1.29 is 0 Å². The molecule has 0 fully saturated rings. The summed E-state index contributed by atoms with van der Waals surface area (Å²) in [7, 11) is 0. The van der Waals surface area contributed by atoms with E-state index in [4.69, 9.17) is 5.73 Å². The zero-order valence-corrected chi connectivity index (χ0v) is 13.1. The summed E-state index contributed by atoms with van der Waals surface area (Å²) in [5, 5.41) is 3.28. The van der Waals surface area contributed by atoms with Crippen molar-refractivity contribution in [2.75, 3.05) is 29.0 Å². The predicted octanol–water partition coefficient (Wildman–Crippen LogP) is 3.27. The van der Waals surface area contributed by atoms with Crippen LogP contribution in [0.3, 0.4) is 0 Å². The summed E-state index contributed by atoms with van der Waals surface area (Å²) >= 11 is 0. The van der Waals surface area contributed by atoms with Gasteiger partial charge < -0.3 is 16.0 Å². The lowest BCUT2D eigenvalue weighted by molar-refractivity contribution is 0.844. The Hall–Kier alpha value is -2.30. The quantitative estimate of drug-likeness (QED) is 0.882. The molecule has 0 saturated heterocycles. The topological polar surface area (TPSA) is 67.1 Å². The Morgan fingerprint density at radius 1 is 1.10 bits per heavy atom. The summed E-state index contributed by atoms with van der Waals surface area (Å²) in [6, 6.07) is 6.20. The van der Waals surface area contributed by atoms with Crippen molar-refractivity contribution in [3.63, 3.8) is 0 Å². The molecule has 0 atom stereocenters. The normalized spacial score (nSPS) is 10.5. The highest BCUT2D eigenvalue weighted by molar-refractivity contribution is 5.78. The van der Waals surface area contributed by atoms with E-state index in [1.165, 1.54) is 11.1 Å². The van der Waals surface area contributed by atoms with Crippen LogP contribution in [0.1, 0.15) is 25.0 Å². The molecule has 112 valence electrons. The van der Waals surface area contributed by atoms with Crippen molar-refractivity contribution in [2.24, 2.45) is 0 Å². The van der Waals surface area contributed by atoms with Gasteiger partial charge in [-0.05, 0) is 51.0 Å². The molecule has 5 heteroatoms. The molecule has 0 bridgehead atoms. The molecular weight excluding hydrogens is 262 g/mol. The number of nitrogens with one attached hydrogen (secondary N) is 1. The number of anilines is 4. The van der Waals surface area contributed by atoms with Gasteiger partial charge in [0.25, 0.3) is 0 Å². The average Bonchev–Trinajstić information content (AvgIpc) is 2.48. The lowest BCUT2D eigenvalue weighted by Crippen LogP contribution is -2.24. The first-order valence-corrected chi connectivity index (χ1v) is 7.26. The van der Waals surface area contributed by atoms with Gasteiger partial charge in [0, 0.05) is 18.8 Å². The van der Waals surface area contributed by atoms with Crippen molar-refractivity contribution >= 4 is 23.0 Å². The van der Waals surface area contributed by atoms with Crippen LogP contribution in [-0.2, 0) is 0 Å². The fourth-order valence-electron chi connectivity index (χ4n) is 2.22. The zero-order chi connectivity index (χ0) is 15.4. The maximum absolute atomic E-state index is 6.22. The minimum Gasteiger partial charge on any atom is -0.393 e. The van der Waals surface area contributed by atoms with E-state index >= 15 is 0 Å². The molecule has 0 radical (unpaired) electrons. The highest BCUT2D eigenvalue weighted by Crippen LogP contribution is 2.28. The van der Waals surface area contributed by atoms with Crippen LogP contribution in [0.4, 0.5) is 23.0 Å². The van der Waals surface area contributed by atoms with Crippen LogP contribution in [0.5, 0.6) is 0 Å². The second-order valence-electron chi connectivity index (χ2n) is 5.06. The molecule has 1 aromatic carbocycles. The first-order chi connectivity index (χ1) is 10.1. The van der Waals surface area contributed by atoms with E-state index in [0.717, 1.165) is 24.6 Å². The Morgan fingerprint density at radius 3 is 2.43 bits per heavy atom. The zero-order valence-electron chi connectivity index (χ0n) is 13.1. The van der Waals surface area contributed by atoms with Gasteiger partial charge in [0.15, 0.2) is 11.6 Å². The fourth-order valence-corrected chi connectivity index (χ4v) is 2.22. The molecule has 0 aliphatic rings. The Balaban J connectivity index is 2.32. The second-order valence-corrected chi connectivity index (χ2v) is 5.06. The smallest absolute Gasteiger partial charge is 0.159 e. The molecular formula is C16H23N5. The number of nitrogens with two attached hydrogens (primary N) is 1. The second kappa shape index (κ2) is 6.43. The fraction of sp³-hybridized carbons (Fsp3) is 0.375. The van der Waals surface area contributed by atoms with Crippen molar-refractivity contribution in [1.82, 2.24) is 9.97 Å².